The highest BCUT2D eigenvalue weighted by atomic mass is 31.1. The molecule has 0 amide bonds. The Kier molecular flexibility index (Phi) is 4.57. The molecule has 0 spiro atoms. The third-order valence-electron chi connectivity index (χ3n) is 3.07. The summed E-state index contributed by atoms with van der Waals surface area (Å²) in [5.74, 6) is 0. The molecule has 0 aromatic carbocycles. The van der Waals surface area contributed by atoms with Gasteiger partial charge < -0.3 is 0 Å². The van der Waals surface area contributed by atoms with Crippen LogP contribution < -0.4 is 0 Å². The fourth-order valence-corrected chi connectivity index (χ4v) is 3.27. The fraction of sp³-hybridized carbons (Fsp3) is 1.00. The number of hydrogen-bond acceptors (Lipinski definition) is 0. The lowest BCUT2D eigenvalue weighted by Gasteiger charge is -2.12. The van der Waals surface area contributed by atoms with E-state index in [0.29, 0.717) is 0 Å². The predicted molar refractivity (Wildman–Crippen MR) is 59.5 cm³/mol. The molecule has 0 nitrogen and oxygen atoms in total. The van der Waals surface area contributed by atoms with Gasteiger partial charge in [0, 0.05) is 0 Å². The van der Waals surface area contributed by atoms with Gasteiger partial charge >= 0.3 is 0 Å². The zero-order valence-electron chi connectivity index (χ0n) is 8.66. The third kappa shape index (κ3) is 3.44. The molecule has 1 aliphatic rings. The third-order valence-corrected chi connectivity index (χ3v) is 4.17. The second kappa shape index (κ2) is 5.22. The molecule has 0 aromatic rings. The Bertz CT molecular complexity index is 116. The van der Waals surface area contributed by atoms with E-state index in [1.54, 1.807) is 12.8 Å². The zero-order chi connectivity index (χ0) is 8.86. The average Bonchev–Trinajstić information content (AvgIpc) is 2.81. The van der Waals surface area contributed by atoms with Crippen molar-refractivity contribution in [2.45, 2.75) is 51.9 Å². The molecule has 1 atom stereocenters. The quantitative estimate of drug-likeness (QED) is 0.415. The summed E-state index contributed by atoms with van der Waals surface area (Å²) in [6.45, 7) is 4.65. The SMILES string of the molecule is CCCCCCC1(CPC)CC1. The molecular formula is C11H23P. The van der Waals surface area contributed by atoms with Gasteiger partial charge in [0.2, 0.25) is 0 Å². The first-order chi connectivity index (χ1) is 5.83. The van der Waals surface area contributed by atoms with Gasteiger partial charge in [-0.1, -0.05) is 32.6 Å². The van der Waals surface area contributed by atoms with Gasteiger partial charge in [-0.05, 0) is 37.5 Å². The summed E-state index contributed by atoms with van der Waals surface area (Å²) >= 11 is 0. The molecule has 1 rings (SSSR count). The lowest BCUT2D eigenvalue weighted by atomic mass is 10.0. The topological polar surface area (TPSA) is 0 Å². The zero-order valence-corrected chi connectivity index (χ0v) is 9.66. The van der Waals surface area contributed by atoms with Crippen LogP contribution in [0.4, 0.5) is 0 Å². The summed E-state index contributed by atoms with van der Waals surface area (Å²) < 4.78 is 0. The van der Waals surface area contributed by atoms with Crippen molar-refractivity contribution in [3.05, 3.63) is 0 Å². The number of hydrogen-bond donors (Lipinski definition) is 0. The first-order valence-electron chi connectivity index (χ1n) is 5.47. The van der Waals surface area contributed by atoms with Gasteiger partial charge in [0.1, 0.15) is 0 Å². The van der Waals surface area contributed by atoms with Gasteiger partial charge in [0.05, 0.1) is 0 Å². The largest absolute Gasteiger partial charge is 0.125 e. The van der Waals surface area contributed by atoms with Crippen molar-refractivity contribution in [2.24, 2.45) is 5.41 Å². The normalized spacial score (nSPS) is 20.5. The molecule has 0 aromatic heterocycles. The van der Waals surface area contributed by atoms with E-state index in [4.69, 9.17) is 0 Å². The Balaban J connectivity index is 1.98. The van der Waals surface area contributed by atoms with Crippen molar-refractivity contribution < 1.29 is 0 Å². The maximum absolute atomic E-state index is 2.35. The highest BCUT2D eigenvalue weighted by Gasteiger charge is 2.40. The predicted octanol–water partition coefficient (Wildman–Crippen LogP) is 4.05. The Morgan fingerprint density at radius 2 is 1.92 bits per heavy atom. The summed E-state index contributed by atoms with van der Waals surface area (Å²) in [7, 11) is 1.18. The molecule has 1 saturated carbocycles. The Hall–Kier alpha value is 0.430. The summed E-state index contributed by atoms with van der Waals surface area (Å²) in [5.41, 5.74) is 0.862. The molecule has 1 aliphatic carbocycles. The van der Waals surface area contributed by atoms with Crippen molar-refractivity contribution in [3.63, 3.8) is 0 Å². The second-order valence-corrected chi connectivity index (χ2v) is 5.40. The maximum atomic E-state index is 2.35. The molecular weight excluding hydrogens is 163 g/mol. The summed E-state index contributed by atoms with van der Waals surface area (Å²) in [6.07, 6.45) is 11.9. The van der Waals surface area contributed by atoms with Crippen molar-refractivity contribution in [3.8, 4) is 0 Å². The van der Waals surface area contributed by atoms with Crippen molar-refractivity contribution in [1.82, 2.24) is 0 Å². The van der Waals surface area contributed by atoms with Crippen LogP contribution in [-0.4, -0.2) is 12.8 Å². The number of unbranched alkanes of at least 4 members (excludes halogenated alkanes) is 3. The Morgan fingerprint density at radius 1 is 1.17 bits per heavy atom. The Labute approximate surface area is 79.3 Å². The van der Waals surface area contributed by atoms with Crippen LogP contribution in [0, 0.1) is 5.41 Å². The smallest absolute Gasteiger partial charge is 0.0260 e. The first-order valence-corrected chi connectivity index (χ1v) is 7.18. The maximum Gasteiger partial charge on any atom is -0.0260 e. The molecule has 1 fully saturated rings. The molecule has 1 heteroatoms. The molecule has 1 unspecified atom stereocenters. The minimum Gasteiger partial charge on any atom is -0.125 e. The molecule has 0 radical (unpaired) electrons. The minimum absolute atomic E-state index is 0.862. The molecule has 0 heterocycles. The van der Waals surface area contributed by atoms with E-state index in [1.807, 2.05) is 0 Å². The molecule has 72 valence electrons. The van der Waals surface area contributed by atoms with Crippen LogP contribution in [-0.2, 0) is 0 Å². The van der Waals surface area contributed by atoms with Gasteiger partial charge in [-0.2, -0.15) is 0 Å². The Morgan fingerprint density at radius 3 is 2.42 bits per heavy atom. The van der Waals surface area contributed by atoms with Crippen LogP contribution in [0.3, 0.4) is 0 Å². The standard InChI is InChI=1S/C11H23P/c1-3-4-5-6-7-11(8-9-11)10-12-2/h12H,3-10H2,1-2H3. The molecule has 0 aliphatic heterocycles. The lowest BCUT2D eigenvalue weighted by Crippen LogP contribution is -2.02. The lowest BCUT2D eigenvalue weighted by molar-refractivity contribution is 0.481. The van der Waals surface area contributed by atoms with E-state index in [9.17, 15) is 0 Å². The van der Waals surface area contributed by atoms with Gasteiger partial charge in [-0.25, -0.2) is 0 Å². The van der Waals surface area contributed by atoms with Crippen molar-refractivity contribution in [1.29, 1.82) is 0 Å². The summed E-state index contributed by atoms with van der Waals surface area (Å²) in [5, 5.41) is 0. The van der Waals surface area contributed by atoms with Gasteiger partial charge in [0.25, 0.3) is 0 Å². The molecule has 0 bridgehead atoms. The van der Waals surface area contributed by atoms with Gasteiger partial charge in [-0.15, -0.1) is 8.58 Å². The summed E-state index contributed by atoms with van der Waals surface area (Å²) in [6, 6.07) is 0. The van der Waals surface area contributed by atoms with Crippen molar-refractivity contribution in [2.75, 3.05) is 12.8 Å². The van der Waals surface area contributed by atoms with Crippen LogP contribution in [0.25, 0.3) is 0 Å². The van der Waals surface area contributed by atoms with E-state index in [-0.39, 0.29) is 0 Å². The number of rotatable bonds is 7. The van der Waals surface area contributed by atoms with Crippen LogP contribution in [0.15, 0.2) is 0 Å². The van der Waals surface area contributed by atoms with Crippen molar-refractivity contribution >= 4 is 8.58 Å². The first kappa shape index (κ1) is 10.5. The minimum atomic E-state index is 0.862. The highest BCUT2D eigenvalue weighted by Crippen LogP contribution is 2.52. The second-order valence-electron chi connectivity index (χ2n) is 4.34. The molecule has 12 heavy (non-hydrogen) atoms. The van der Waals surface area contributed by atoms with E-state index in [0.717, 1.165) is 5.41 Å². The van der Waals surface area contributed by atoms with Crippen LogP contribution in [0.1, 0.15) is 51.9 Å². The van der Waals surface area contributed by atoms with E-state index in [2.05, 4.69) is 13.6 Å². The average molecular weight is 186 g/mol. The molecule has 0 saturated heterocycles. The van der Waals surface area contributed by atoms with Gasteiger partial charge in [0.15, 0.2) is 0 Å². The molecule has 0 N–H and O–H groups in total. The summed E-state index contributed by atoms with van der Waals surface area (Å²) in [4.78, 5) is 0. The fourth-order valence-electron chi connectivity index (χ4n) is 1.99. The van der Waals surface area contributed by atoms with Gasteiger partial charge in [-0.3, -0.25) is 0 Å². The van der Waals surface area contributed by atoms with Crippen LogP contribution in [0.2, 0.25) is 0 Å². The van der Waals surface area contributed by atoms with E-state index < -0.39 is 0 Å². The van der Waals surface area contributed by atoms with E-state index in [1.165, 1.54) is 46.8 Å². The van der Waals surface area contributed by atoms with E-state index >= 15 is 0 Å². The highest BCUT2D eigenvalue weighted by molar-refractivity contribution is 7.37. The monoisotopic (exact) mass is 186 g/mol. The van der Waals surface area contributed by atoms with Crippen LogP contribution >= 0.6 is 8.58 Å². The van der Waals surface area contributed by atoms with Crippen LogP contribution in [0.5, 0.6) is 0 Å².